The molecule has 1 saturated heterocycles. The van der Waals surface area contributed by atoms with E-state index in [0.29, 0.717) is 17.2 Å². The van der Waals surface area contributed by atoms with Gasteiger partial charge in [-0.05, 0) is 38.9 Å². The van der Waals surface area contributed by atoms with Crippen molar-refractivity contribution in [2.75, 3.05) is 6.26 Å². The Morgan fingerprint density at radius 1 is 1.42 bits per heavy atom. The normalized spacial score (nSPS) is 39.3. The maximum Gasteiger partial charge on any atom is 0.244 e. The molecule has 1 heterocycles. The summed E-state index contributed by atoms with van der Waals surface area (Å²) in [5, 5.41) is 4.24. The van der Waals surface area contributed by atoms with Gasteiger partial charge in [-0.1, -0.05) is 26.7 Å². The Hall–Kier alpha value is -0.220. The van der Waals surface area contributed by atoms with Crippen LogP contribution in [0, 0.1) is 0 Å². The molecule has 1 aliphatic heterocycles. The number of carbonyl (C=O) groups is 1. The molecule has 1 aliphatic carbocycles. The van der Waals surface area contributed by atoms with Gasteiger partial charge >= 0.3 is 0 Å². The second-order valence-corrected chi connectivity index (χ2v) is 7.20. The van der Waals surface area contributed by atoms with Crippen molar-refractivity contribution in [3.63, 3.8) is 0 Å². The third kappa shape index (κ3) is 2.66. The van der Waals surface area contributed by atoms with Crippen LogP contribution in [-0.2, 0) is 4.79 Å². The Kier molecular flexibility index (Phi) is 4.83. The summed E-state index contributed by atoms with van der Waals surface area (Å²) in [6, 6.07) is 0.444. The molecule has 0 aromatic carbocycles. The minimum Gasteiger partial charge on any atom is -0.321 e. The Balaban J connectivity index is 2.22. The van der Waals surface area contributed by atoms with Crippen LogP contribution in [0.3, 0.4) is 0 Å². The summed E-state index contributed by atoms with van der Waals surface area (Å²) in [6.07, 6.45) is 9.21. The van der Waals surface area contributed by atoms with E-state index in [1.165, 1.54) is 19.3 Å². The molecule has 19 heavy (non-hydrogen) atoms. The highest BCUT2D eigenvalue weighted by Crippen LogP contribution is 2.37. The highest BCUT2D eigenvalue weighted by atomic mass is 32.2. The van der Waals surface area contributed by atoms with Crippen molar-refractivity contribution in [2.45, 2.75) is 82.3 Å². The summed E-state index contributed by atoms with van der Waals surface area (Å²) in [5.41, 5.74) is -0.342. The van der Waals surface area contributed by atoms with Crippen LogP contribution in [-0.4, -0.2) is 40.1 Å². The molecule has 2 fully saturated rings. The van der Waals surface area contributed by atoms with Gasteiger partial charge in [-0.3, -0.25) is 10.1 Å². The van der Waals surface area contributed by atoms with Crippen LogP contribution < -0.4 is 5.32 Å². The zero-order chi connectivity index (χ0) is 14.0. The standard InChI is InChI=1S/C15H28N2OS/c1-5-8-13-16-15(3,6-2)14(18)17(13)11-9-7-10-12(11)19-4/h11-13,16H,5-10H2,1-4H3. The zero-order valence-corrected chi connectivity index (χ0v) is 13.6. The first-order valence-corrected chi connectivity index (χ1v) is 8.99. The van der Waals surface area contributed by atoms with E-state index in [1.807, 2.05) is 11.8 Å². The number of nitrogens with zero attached hydrogens (tertiary/aromatic N) is 1. The molecule has 0 spiro atoms. The molecule has 4 heteroatoms. The third-order valence-electron chi connectivity index (χ3n) is 4.87. The highest BCUT2D eigenvalue weighted by molar-refractivity contribution is 7.99. The summed E-state index contributed by atoms with van der Waals surface area (Å²) in [4.78, 5) is 15.1. The van der Waals surface area contributed by atoms with Crippen LogP contribution in [0.5, 0.6) is 0 Å². The summed E-state index contributed by atoms with van der Waals surface area (Å²) in [6.45, 7) is 6.38. The molecule has 0 radical (unpaired) electrons. The molecule has 1 amide bonds. The van der Waals surface area contributed by atoms with Crippen molar-refractivity contribution in [1.29, 1.82) is 0 Å². The molecular weight excluding hydrogens is 256 g/mol. The lowest BCUT2D eigenvalue weighted by molar-refractivity contribution is -0.135. The summed E-state index contributed by atoms with van der Waals surface area (Å²) in [7, 11) is 0. The van der Waals surface area contributed by atoms with Crippen LogP contribution in [0.25, 0.3) is 0 Å². The van der Waals surface area contributed by atoms with Crippen molar-refractivity contribution in [3.8, 4) is 0 Å². The van der Waals surface area contributed by atoms with Crippen molar-refractivity contribution in [3.05, 3.63) is 0 Å². The molecular formula is C15H28N2OS. The van der Waals surface area contributed by atoms with E-state index in [4.69, 9.17) is 0 Å². The lowest BCUT2D eigenvalue weighted by Gasteiger charge is -2.33. The van der Waals surface area contributed by atoms with E-state index in [-0.39, 0.29) is 11.7 Å². The molecule has 4 atom stereocenters. The molecule has 110 valence electrons. The van der Waals surface area contributed by atoms with Gasteiger partial charge in [0.15, 0.2) is 0 Å². The minimum atomic E-state index is -0.342. The molecule has 0 bridgehead atoms. The fourth-order valence-electron chi connectivity index (χ4n) is 3.54. The number of hydrogen-bond acceptors (Lipinski definition) is 3. The predicted molar refractivity (Wildman–Crippen MR) is 82.3 cm³/mol. The Labute approximate surface area is 121 Å². The van der Waals surface area contributed by atoms with Crippen molar-refractivity contribution < 1.29 is 4.79 Å². The molecule has 1 N–H and O–H groups in total. The fraction of sp³-hybridized carbons (Fsp3) is 0.933. The summed E-state index contributed by atoms with van der Waals surface area (Å²) < 4.78 is 0. The van der Waals surface area contributed by atoms with Gasteiger partial charge in [0, 0.05) is 11.3 Å². The highest BCUT2D eigenvalue weighted by Gasteiger charge is 2.50. The zero-order valence-electron chi connectivity index (χ0n) is 12.7. The summed E-state index contributed by atoms with van der Waals surface area (Å²) in [5.74, 6) is 0.333. The number of amides is 1. The first-order valence-electron chi connectivity index (χ1n) is 7.70. The smallest absolute Gasteiger partial charge is 0.244 e. The summed E-state index contributed by atoms with van der Waals surface area (Å²) >= 11 is 1.94. The van der Waals surface area contributed by atoms with E-state index in [1.54, 1.807) is 0 Å². The second-order valence-electron chi connectivity index (χ2n) is 6.12. The molecule has 0 aromatic heterocycles. The van der Waals surface area contributed by atoms with Crippen molar-refractivity contribution >= 4 is 17.7 Å². The fourth-order valence-corrected chi connectivity index (χ4v) is 4.53. The van der Waals surface area contributed by atoms with Gasteiger partial charge in [-0.25, -0.2) is 0 Å². The van der Waals surface area contributed by atoms with Crippen LogP contribution in [0.1, 0.15) is 59.3 Å². The van der Waals surface area contributed by atoms with E-state index >= 15 is 0 Å². The topological polar surface area (TPSA) is 32.3 Å². The molecule has 2 aliphatic rings. The van der Waals surface area contributed by atoms with Crippen LogP contribution in [0.15, 0.2) is 0 Å². The molecule has 4 unspecified atom stereocenters. The van der Waals surface area contributed by atoms with Gasteiger partial charge in [0.2, 0.25) is 5.91 Å². The van der Waals surface area contributed by atoms with Gasteiger partial charge in [-0.15, -0.1) is 0 Å². The third-order valence-corrected chi connectivity index (χ3v) is 6.03. The minimum absolute atomic E-state index is 0.250. The van der Waals surface area contributed by atoms with E-state index < -0.39 is 0 Å². The maximum absolute atomic E-state index is 12.8. The average molecular weight is 284 g/mol. The van der Waals surface area contributed by atoms with Gasteiger partial charge < -0.3 is 4.90 Å². The molecule has 2 rings (SSSR count). The Morgan fingerprint density at radius 3 is 2.74 bits per heavy atom. The predicted octanol–water partition coefficient (Wildman–Crippen LogP) is 3.00. The Bertz CT molecular complexity index is 336. The van der Waals surface area contributed by atoms with Crippen LogP contribution >= 0.6 is 11.8 Å². The first kappa shape index (κ1) is 15.2. The quantitative estimate of drug-likeness (QED) is 0.842. The van der Waals surface area contributed by atoms with E-state index in [9.17, 15) is 4.79 Å². The molecule has 0 aromatic rings. The Morgan fingerprint density at radius 2 is 2.16 bits per heavy atom. The van der Waals surface area contributed by atoms with Gasteiger partial charge in [-0.2, -0.15) is 11.8 Å². The van der Waals surface area contributed by atoms with Crippen LogP contribution in [0.2, 0.25) is 0 Å². The monoisotopic (exact) mass is 284 g/mol. The largest absolute Gasteiger partial charge is 0.321 e. The first-order chi connectivity index (χ1) is 9.07. The van der Waals surface area contributed by atoms with Gasteiger partial charge in [0.1, 0.15) is 0 Å². The van der Waals surface area contributed by atoms with Crippen molar-refractivity contribution in [1.82, 2.24) is 10.2 Å². The number of thioether (sulfide) groups is 1. The second kappa shape index (κ2) is 6.04. The SMILES string of the molecule is CCCC1NC(C)(CC)C(=O)N1C1CCCC1SC. The van der Waals surface area contributed by atoms with Crippen LogP contribution in [0.4, 0.5) is 0 Å². The van der Waals surface area contributed by atoms with Gasteiger partial charge in [0.05, 0.1) is 11.7 Å². The number of rotatable bonds is 5. The van der Waals surface area contributed by atoms with Crippen molar-refractivity contribution in [2.24, 2.45) is 0 Å². The van der Waals surface area contributed by atoms with E-state index in [2.05, 4.69) is 37.2 Å². The average Bonchev–Trinajstić information content (AvgIpc) is 2.95. The lowest BCUT2D eigenvalue weighted by Crippen LogP contribution is -2.47. The number of carbonyl (C=O) groups excluding carboxylic acids is 1. The number of nitrogens with one attached hydrogen (secondary N) is 1. The van der Waals surface area contributed by atoms with E-state index in [0.717, 1.165) is 19.3 Å². The maximum atomic E-state index is 12.8. The van der Waals surface area contributed by atoms with Gasteiger partial charge in [0.25, 0.3) is 0 Å². The number of hydrogen-bond donors (Lipinski definition) is 1. The lowest BCUT2D eigenvalue weighted by atomic mass is 9.99. The molecule has 3 nitrogen and oxygen atoms in total. The molecule has 1 saturated carbocycles.